The maximum absolute atomic E-state index is 6.11. The maximum atomic E-state index is 6.11. The number of thiazole rings is 1. The number of hydrogen-bond acceptors (Lipinski definition) is 5. The van der Waals surface area contributed by atoms with Gasteiger partial charge in [0.2, 0.25) is 0 Å². The molecule has 0 spiro atoms. The Morgan fingerprint density at radius 1 is 1.35 bits per heavy atom. The molecule has 3 rings (SSSR count). The van der Waals surface area contributed by atoms with Gasteiger partial charge in [0.1, 0.15) is 5.69 Å². The van der Waals surface area contributed by atoms with Crippen LogP contribution >= 0.6 is 11.3 Å². The van der Waals surface area contributed by atoms with Crippen LogP contribution in [0.15, 0.2) is 23.7 Å². The lowest BCUT2D eigenvalue weighted by Gasteiger charge is -2.09. The maximum Gasteiger partial charge on any atom is 0.103 e. The third kappa shape index (κ3) is 2.10. The number of hydrogen-bond donors (Lipinski definition) is 1. The fraction of sp³-hybridized carbons (Fsp3) is 0.357. The summed E-state index contributed by atoms with van der Waals surface area (Å²) in [7, 11) is 0. The van der Waals surface area contributed by atoms with Crippen LogP contribution in [0.3, 0.4) is 0 Å². The van der Waals surface area contributed by atoms with Crippen LogP contribution in [-0.2, 0) is 6.42 Å². The number of nitrogens with two attached hydrogens (primary N) is 1. The molecule has 0 aliphatic heterocycles. The van der Waals surface area contributed by atoms with Gasteiger partial charge in [0.15, 0.2) is 0 Å². The second-order valence-electron chi connectivity index (χ2n) is 4.71. The molecule has 2 N–H and O–H groups in total. The van der Waals surface area contributed by atoms with Crippen LogP contribution in [0, 0.1) is 0 Å². The van der Waals surface area contributed by atoms with Gasteiger partial charge in [0.25, 0.3) is 0 Å². The van der Waals surface area contributed by atoms with Crippen molar-refractivity contribution in [1.29, 1.82) is 0 Å². The average Bonchev–Trinajstić information content (AvgIpc) is 3.11. The van der Waals surface area contributed by atoms with Crippen LogP contribution in [0.4, 0.5) is 0 Å². The monoisotopic (exact) mass is 287 g/mol. The molecule has 0 saturated carbocycles. The van der Waals surface area contributed by atoms with E-state index in [1.807, 2.05) is 22.3 Å². The minimum Gasteiger partial charge on any atom is -0.323 e. The lowest BCUT2D eigenvalue weighted by Crippen LogP contribution is -2.12. The minimum absolute atomic E-state index is 0.0502. The smallest absolute Gasteiger partial charge is 0.103 e. The highest BCUT2D eigenvalue weighted by atomic mass is 32.1. The van der Waals surface area contributed by atoms with E-state index >= 15 is 0 Å². The Hall–Kier alpha value is -1.79. The SMILES string of the molecule is CCc1c(C(N)CC)nnn1-c1ccc2ncsc2c1. The van der Waals surface area contributed by atoms with Crippen molar-refractivity contribution in [2.24, 2.45) is 5.73 Å². The largest absolute Gasteiger partial charge is 0.323 e. The minimum atomic E-state index is -0.0502. The summed E-state index contributed by atoms with van der Waals surface area (Å²) in [5.74, 6) is 0. The Morgan fingerprint density at radius 3 is 2.95 bits per heavy atom. The van der Waals surface area contributed by atoms with Gasteiger partial charge in [-0.15, -0.1) is 16.4 Å². The topological polar surface area (TPSA) is 69.6 Å². The number of fused-ring (bicyclic) bond motifs is 1. The third-order valence-corrected chi connectivity index (χ3v) is 4.27. The van der Waals surface area contributed by atoms with Gasteiger partial charge < -0.3 is 5.73 Å². The fourth-order valence-electron chi connectivity index (χ4n) is 2.31. The van der Waals surface area contributed by atoms with Crippen molar-refractivity contribution in [3.8, 4) is 5.69 Å². The summed E-state index contributed by atoms with van der Waals surface area (Å²) in [5.41, 5.74) is 12.0. The molecule has 2 aromatic heterocycles. The Bertz CT molecular complexity index is 730. The Labute approximate surface area is 121 Å². The molecule has 5 nitrogen and oxygen atoms in total. The van der Waals surface area contributed by atoms with Gasteiger partial charge in [-0.25, -0.2) is 9.67 Å². The molecule has 3 aromatic rings. The molecule has 0 aliphatic rings. The van der Waals surface area contributed by atoms with Crippen LogP contribution in [0.25, 0.3) is 15.9 Å². The first-order valence-electron chi connectivity index (χ1n) is 6.78. The van der Waals surface area contributed by atoms with Crippen LogP contribution in [0.2, 0.25) is 0 Å². The predicted molar refractivity (Wildman–Crippen MR) is 81.1 cm³/mol. The molecule has 1 aromatic carbocycles. The predicted octanol–water partition coefficient (Wildman–Crippen LogP) is 2.85. The number of rotatable bonds is 4. The second-order valence-corrected chi connectivity index (χ2v) is 5.59. The summed E-state index contributed by atoms with van der Waals surface area (Å²) in [5, 5.41) is 8.57. The van der Waals surface area contributed by atoms with Gasteiger partial charge in [-0.1, -0.05) is 19.1 Å². The summed E-state index contributed by atoms with van der Waals surface area (Å²) >= 11 is 1.63. The van der Waals surface area contributed by atoms with Gasteiger partial charge >= 0.3 is 0 Å². The molecule has 104 valence electrons. The first-order chi connectivity index (χ1) is 9.74. The van der Waals surface area contributed by atoms with Crippen LogP contribution in [0.1, 0.15) is 37.7 Å². The van der Waals surface area contributed by atoms with Crippen molar-refractivity contribution in [2.45, 2.75) is 32.7 Å². The highest BCUT2D eigenvalue weighted by molar-refractivity contribution is 7.16. The summed E-state index contributed by atoms with van der Waals surface area (Å²) in [6.07, 6.45) is 1.72. The van der Waals surface area contributed by atoms with E-state index in [0.717, 1.165) is 40.1 Å². The second kappa shape index (κ2) is 5.30. The zero-order valence-electron chi connectivity index (χ0n) is 11.6. The number of aromatic nitrogens is 4. The van der Waals surface area contributed by atoms with E-state index in [-0.39, 0.29) is 6.04 Å². The first-order valence-corrected chi connectivity index (χ1v) is 7.66. The molecule has 20 heavy (non-hydrogen) atoms. The summed E-state index contributed by atoms with van der Waals surface area (Å²) in [6, 6.07) is 6.09. The zero-order chi connectivity index (χ0) is 14.1. The van der Waals surface area contributed by atoms with E-state index in [1.165, 1.54) is 0 Å². The Balaban J connectivity index is 2.11. The normalized spacial score (nSPS) is 12.9. The summed E-state index contributed by atoms with van der Waals surface area (Å²) in [6.45, 7) is 4.17. The molecule has 0 aliphatic carbocycles. The molecule has 1 unspecified atom stereocenters. The van der Waals surface area contributed by atoms with Gasteiger partial charge in [-0.3, -0.25) is 0 Å². The van der Waals surface area contributed by atoms with Crippen molar-refractivity contribution in [2.75, 3.05) is 0 Å². The molecule has 6 heteroatoms. The quantitative estimate of drug-likeness (QED) is 0.801. The van der Waals surface area contributed by atoms with Gasteiger partial charge in [0, 0.05) is 0 Å². The van der Waals surface area contributed by atoms with E-state index in [1.54, 1.807) is 11.3 Å². The highest BCUT2D eigenvalue weighted by Crippen LogP contribution is 2.24. The van der Waals surface area contributed by atoms with Crippen molar-refractivity contribution in [3.05, 3.63) is 35.1 Å². The molecule has 1 atom stereocenters. The van der Waals surface area contributed by atoms with Gasteiger partial charge in [-0.2, -0.15) is 0 Å². The van der Waals surface area contributed by atoms with Crippen molar-refractivity contribution >= 4 is 21.6 Å². The standard InChI is InChI=1S/C14H17N5S/c1-3-10(15)14-12(4-2)19(18-17-14)9-5-6-11-13(7-9)20-8-16-11/h5-8,10H,3-4,15H2,1-2H3. The van der Waals surface area contributed by atoms with E-state index in [2.05, 4.69) is 35.2 Å². The molecule has 0 radical (unpaired) electrons. The molecular weight excluding hydrogens is 270 g/mol. The lowest BCUT2D eigenvalue weighted by molar-refractivity contribution is 0.665. The van der Waals surface area contributed by atoms with E-state index in [9.17, 15) is 0 Å². The molecular formula is C14H17N5S. The third-order valence-electron chi connectivity index (χ3n) is 3.48. The molecule has 0 amide bonds. The molecule has 0 saturated heterocycles. The van der Waals surface area contributed by atoms with Crippen molar-refractivity contribution in [1.82, 2.24) is 20.0 Å². The number of nitrogens with zero attached hydrogens (tertiary/aromatic N) is 4. The van der Waals surface area contributed by atoms with Gasteiger partial charge in [-0.05, 0) is 31.0 Å². The van der Waals surface area contributed by atoms with E-state index < -0.39 is 0 Å². The number of benzene rings is 1. The fourth-order valence-corrected chi connectivity index (χ4v) is 3.02. The molecule has 0 bridgehead atoms. The van der Waals surface area contributed by atoms with Gasteiger partial charge in [0.05, 0.1) is 33.2 Å². The Kier molecular flexibility index (Phi) is 3.50. The average molecular weight is 287 g/mol. The summed E-state index contributed by atoms with van der Waals surface area (Å²) in [4.78, 5) is 4.30. The van der Waals surface area contributed by atoms with Crippen LogP contribution in [-0.4, -0.2) is 20.0 Å². The Morgan fingerprint density at radius 2 is 2.20 bits per heavy atom. The lowest BCUT2D eigenvalue weighted by atomic mass is 10.1. The van der Waals surface area contributed by atoms with Crippen molar-refractivity contribution < 1.29 is 0 Å². The van der Waals surface area contributed by atoms with E-state index in [4.69, 9.17) is 5.73 Å². The van der Waals surface area contributed by atoms with Crippen molar-refractivity contribution in [3.63, 3.8) is 0 Å². The van der Waals surface area contributed by atoms with Crippen LogP contribution < -0.4 is 5.73 Å². The van der Waals surface area contributed by atoms with E-state index in [0.29, 0.717) is 0 Å². The summed E-state index contributed by atoms with van der Waals surface area (Å²) < 4.78 is 3.05. The highest BCUT2D eigenvalue weighted by Gasteiger charge is 2.17. The molecule has 0 fully saturated rings. The zero-order valence-corrected chi connectivity index (χ0v) is 12.4. The first kappa shape index (κ1) is 13.2. The van der Waals surface area contributed by atoms with Crippen LogP contribution in [0.5, 0.6) is 0 Å². The molecule has 2 heterocycles.